The van der Waals surface area contributed by atoms with Gasteiger partial charge in [0.1, 0.15) is 5.75 Å². The van der Waals surface area contributed by atoms with Crippen LogP contribution in [0.1, 0.15) is 66.6 Å². The fraction of sp³-hybridized carbons (Fsp3) is 0.350. The van der Waals surface area contributed by atoms with E-state index in [2.05, 4.69) is 21.2 Å². The smallest absolute Gasteiger partial charge is 0.255 e. The molecule has 2 N–H and O–H groups in total. The van der Waals surface area contributed by atoms with Crippen molar-refractivity contribution in [3.63, 3.8) is 0 Å². The van der Waals surface area contributed by atoms with Crippen LogP contribution >= 0.6 is 15.9 Å². The molecule has 4 heteroatoms. The number of phenolic OH excluding ortho intramolecular Hbond substituents is 1. The molecule has 0 fully saturated rings. The molecule has 128 valence electrons. The molecule has 0 spiro atoms. The highest BCUT2D eigenvalue weighted by Crippen LogP contribution is 2.43. The van der Waals surface area contributed by atoms with Gasteiger partial charge in [0.05, 0.1) is 5.69 Å². The van der Waals surface area contributed by atoms with Crippen molar-refractivity contribution in [1.82, 2.24) is 0 Å². The molecule has 0 bridgehead atoms. The fourth-order valence-electron chi connectivity index (χ4n) is 2.65. The predicted molar refractivity (Wildman–Crippen MR) is 103 cm³/mol. The predicted octanol–water partition coefficient (Wildman–Crippen LogP) is 5.96. The second-order valence-electron chi connectivity index (χ2n) is 6.72. The summed E-state index contributed by atoms with van der Waals surface area (Å²) in [5.41, 5.74) is 4.06. The van der Waals surface area contributed by atoms with Crippen molar-refractivity contribution in [1.29, 1.82) is 0 Å². The number of rotatable bonds is 4. The van der Waals surface area contributed by atoms with E-state index in [0.29, 0.717) is 17.0 Å². The van der Waals surface area contributed by atoms with Gasteiger partial charge in [0.2, 0.25) is 0 Å². The molecule has 1 amide bonds. The van der Waals surface area contributed by atoms with E-state index in [1.165, 1.54) is 0 Å². The van der Waals surface area contributed by atoms with Crippen LogP contribution in [0.15, 0.2) is 34.8 Å². The van der Waals surface area contributed by atoms with Crippen LogP contribution in [0, 0.1) is 6.92 Å². The molecular weight excluding hydrogens is 366 g/mol. The normalized spacial score (nSPS) is 11.2. The molecule has 0 heterocycles. The van der Waals surface area contributed by atoms with Crippen LogP contribution in [-0.2, 0) is 0 Å². The number of nitrogens with one attached hydrogen (secondary N) is 1. The zero-order chi connectivity index (χ0) is 18.0. The molecule has 0 radical (unpaired) electrons. The SMILES string of the molecule is Cc1ccc(C(=O)Nc2cc(C(C)C)c(O)c(C(C)C)c2Br)cc1. The topological polar surface area (TPSA) is 49.3 Å². The van der Waals surface area contributed by atoms with Crippen LogP contribution in [0.2, 0.25) is 0 Å². The summed E-state index contributed by atoms with van der Waals surface area (Å²) in [5.74, 6) is 0.435. The lowest BCUT2D eigenvalue weighted by Crippen LogP contribution is -2.13. The van der Waals surface area contributed by atoms with Gasteiger partial charge in [-0.2, -0.15) is 0 Å². The third-order valence-corrected chi connectivity index (χ3v) is 4.92. The summed E-state index contributed by atoms with van der Waals surface area (Å²) < 4.78 is 0.736. The summed E-state index contributed by atoms with van der Waals surface area (Å²) in [4.78, 5) is 12.5. The Bertz CT molecular complexity index is 749. The summed E-state index contributed by atoms with van der Waals surface area (Å²) in [6.07, 6.45) is 0. The molecule has 0 saturated carbocycles. The molecule has 0 unspecified atom stereocenters. The highest BCUT2D eigenvalue weighted by Gasteiger charge is 2.21. The van der Waals surface area contributed by atoms with E-state index in [1.54, 1.807) is 0 Å². The highest BCUT2D eigenvalue weighted by atomic mass is 79.9. The molecular formula is C20H24BrNO2. The van der Waals surface area contributed by atoms with Crippen molar-refractivity contribution in [3.05, 3.63) is 57.1 Å². The molecule has 3 nitrogen and oxygen atoms in total. The van der Waals surface area contributed by atoms with Gasteiger partial charge in [-0.25, -0.2) is 0 Å². The Morgan fingerprint density at radius 3 is 2.17 bits per heavy atom. The number of amides is 1. The largest absolute Gasteiger partial charge is 0.507 e. The summed E-state index contributed by atoms with van der Waals surface area (Å²) in [7, 11) is 0. The molecule has 0 aliphatic heterocycles. The zero-order valence-electron chi connectivity index (χ0n) is 14.8. The van der Waals surface area contributed by atoms with Crippen molar-refractivity contribution in [2.75, 3.05) is 5.32 Å². The number of hydrogen-bond donors (Lipinski definition) is 2. The van der Waals surface area contributed by atoms with E-state index in [4.69, 9.17) is 0 Å². The lowest BCUT2D eigenvalue weighted by molar-refractivity contribution is 0.102. The third-order valence-electron chi connectivity index (χ3n) is 4.06. The Kier molecular flexibility index (Phi) is 5.70. The van der Waals surface area contributed by atoms with Crippen LogP contribution < -0.4 is 5.32 Å². The van der Waals surface area contributed by atoms with Crippen molar-refractivity contribution < 1.29 is 9.90 Å². The molecule has 0 atom stereocenters. The summed E-state index contributed by atoms with van der Waals surface area (Å²) in [6.45, 7) is 10.1. The van der Waals surface area contributed by atoms with Crippen LogP contribution in [0.4, 0.5) is 5.69 Å². The number of aryl methyl sites for hydroxylation is 1. The van der Waals surface area contributed by atoms with Gasteiger partial charge in [-0.05, 0) is 58.5 Å². The number of phenols is 1. The minimum Gasteiger partial charge on any atom is -0.507 e. The molecule has 2 aromatic rings. The minimum atomic E-state index is -0.161. The van der Waals surface area contributed by atoms with Crippen molar-refractivity contribution in [2.24, 2.45) is 0 Å². The van der Waals surface area contributed by atoms with E-state index >= 15 is 0 Å². The first-order valence-electron chi connectivity index (χ1n) is 8.15. The highest BCUT2D eigenvalue weighted by molar-refractivity contribution is 9.10. The van der Waals surface area contributed by atoms with Gasteiger partial charge < -0.3 is 10.4 Å². The molecule has 24 heavy (non-hydrogen) atoms. The standard InChI is InChI=1S/C20H24BrNO2/c1-11(2)15-10-16(18(21)17(12(3)4)19(15)23)22-20(24)14-8-6-13(5)7-9-14/h6-12,23H,1-5H3,(H,22,24). The van der Waals surface area contributed by atoms with Gasteiger partial charge in [0.15, 0.2) is 0 Å². The van der Waals surface area contributed by atoms with Crippen molar-refractivity contribution in [3.8, 4) is 5.75 Å². The van der Waals surface area contributed by atoms with E-state index in [-0.39, 0.29) is 17.7 Å². The van der Waals surface area contributed by atoms with Gasteiger partial charge in [0.25, 0.3) is 5.91 Å². The first-order chi connectivity index (χ1) is 11.2. The van der Waals surface area contributed by atoms with Crippen molar-refractivity contribution >= 4 is 27.5 Å². The molecule has 0 aromatic heterocycles. The Balaban J connectivity index is 2.46. The zero-order valence-corrected chi connectivity index (χ0v) is 16.4. The molecule has 0 aliphatic rings. The van der Waals surface area contributed by atoms with E-state index in [1.807, 2.05) is 65.0 Å². The molecule has 0 aliphatic carbocycles. The average molecular weight is 390 g/mol. The summed E-state index contributed by atoms with van der Waals surface area (Å²) in [6, 6.07) is 9.30. The van der Waals surface area contributed by atoms with Crippen LogP contribution in [0.3, 0.4) is 0 Å². The second kappa shape index (κ2) is 7.39. The molecule has 2 aromatic carbocycles. The number of anilines is 1. The third kappa shape index (κ3) is 3.81. The number of benzene rings is 2. The van der Waals surface area contributed by atoms with Gasteiger partial charge in [-0.15, -0.1) is 0 Å². The van der Waals surface area contributed by atoms with E-state index < -0.39 is 0 Å². The lowest BCUT2D eigenvalue weighted by atomic mass is 9.93. The molecule has 0 saturated heterocycles. The molecule has 2 rings (SSSR count). The van der Waals surface area contributed by atoms with E-state index in [0.717, 1.165) is 21.2 Å². The summed E-state index contributed by atoms with van der Waals surface area (Å²) >= 11 is 3.55. The average Bonchev–Trinajstić information content (AvgIpc) is 2.50. The lowest BCUT2D eigenvalue weighted by Gasteiger charge is -2.20. The fourth-order valence-corrected chi connectivity index (χ4v) is 3.51. The van der Waals surface area contributed by atoms with E-state index in [9.17, 15) is 9.90 Å². The first-order valence-corrected chi connectivity index (χ1v) is 8.95. The maximum absolute atomic E-state index is 12.5. The number of halogens is 1. The van der Waals surface area contributed by atoms with Gasteiger partial charge in [-0.3, -0.25) is 4.79 Å². The second-order valence-corrected chi connectivity index (χ2v) is 7.51. The van der Waals surface area contributed by atoms with Crippen LogP contribution in [0.5, 0.6) is 5.75 Å². The monoisotopic (exact) mass is 389 g/mol. The Labute approximate surface area is 152 Å². The Morgan fingerprint density at radius 1 is 1.08 bits per heavy atom. The van der Waals surface area contributed by atoms with Crippen LogP contribution in [-0.4, -0.2) is 11.0 Å². The Morgan fingerprint density at radius 2 is 1.67 bits per heavy atom. The maximum atomic E-state index is 12.5. The minimum absolute atomic E-state index is 0.133. The quantitative estimate of drug-likeness (QED) is 0.633. The number of hydrogen-bond acceptors (Lipinski definition) is 2. The summed E-state index contributed by atoms with van der Waals surface area (Å²) in [5, 5.41) is 13.5. The van der Waals surface area contributed by atoms with Gasteiger partial charge >= 0.3 is 0 Å². The van der Waals surface area contributed by atoms with Gasteiger partial charge in [0, 0.05) is 15.6 Å². The maximum Gasteiger partial charge on any atom is 0.255 e. The number of carbonyl (C=O) groups is 1. The van der Waals surface area contributed by atoms with Gasteiger partial charge in [-0.1, -0.05) is 45.4 Å². The number of aromatic hydroxyl groups is 1. The van der Waals surface area contributed by atoms with Crippen LogP contribution in [0.25, 0.3) is 0 Å². The van der Waals surface area contributed by atoms with Crippen molar-refractivity contribution in [2.45, 2.75) is 46.5 Å². The Hall–Kier alpha value is -1.81. The first kappa shape index (κ1) is 18.5. The number of carbonyl (C=O) groups excluding carboxylic acids is 1.